The second-order valence-corrected chi connectivity index (χ2v) is 11.1. The molecule has 4 heterocycles. The SMILES string of the molecule is [2H]C([2H])([2H])N1CCN(c2ncc(Cl)c(Nc3ccc4c(c3)C3N[C@@H](C5CC5)C(F)(F)COC3C(=O)N4C)n2)CC(O)C1. The van der Waals surface area contributed by atoms with Crippen molar-refractivity contribution in [1.82, 2.24) is 20.2 Å². The van der Waals surface area contributed by atoms with E-state index in [-0.39, 0.29) is 48.9 Å². The van der Waals surface area contributed by atoms with Crippen molar-refractivity contribution < 1.29 is 27.5 Å². The van der Waals surface area contributed by atoms with Gasteiger partial charge in [0.25, 0.3) is 11.8 Å². The summed E-state index contributed by atoms with van der Waals surface area (Å²) in [6, 6.07) is 3.35. The molecule has 6 rings (SSSR count). The standard InChI is InChI=1S/C26H32ClF2N7O3/c1-34-7-8-36(12-16(37)11-34)25-30-10-18(27)23(33-25)31-15-5-6-19-17(9-15)20-21(24(38)35(19)2)39-13-26(28,29)22(32-20)14-3-4-14/h5-6,9-10,14,16,20-22,32,37H,3-4,7-8,11-13H2,1-2H3,(H,30,31,33)/t16?,20?,21?,22-/m0/s1/i1D3. The van der Waals surface area contributed by atoms with Crippen LogP contribution in [-0.2, 0) is 9.53 Å². The third kappa shape index (κ3) is 5.16. The lowest BCUT2D eigenvalue weighted by Crippen LogP contribution is -2.52. The van der Waals surface area contributed by atoms with Gasteiger partial charge in [-0.2, -0.15) is 4.98 Å². The number of halogens is 3. The van der Waals surface area contributed by atoms with E-state index in [4.69, 9.17) is 20.5 Å². The molecule has 210 valence electrons. The van der Waals surface area contributed by atoms with Gasteiger partial charge in [0.2, 0.25) is 5.95 Å². The van der Waals surface area contributed by atoms with Crippen LogP contribution in [0.25, 0.3) is 0 Å². The number of ether oxygens (including phenoxy) is 1. The van der Waals surface area contributed by atoms with Gasteiger partial charge in [0.1, 0.15) is 11.6 Å². The van der Waals surface area contributed by atoms with Crippen LogP contribution in [0.4, 0.5) is 31.9 Å². The van der Waals surface area contributed by atoms with Crippen LogP contribution < -0.4 is 20.4 Å². The number of hydrogen-bond donors (Lipinski definition) is 3. The number of anilines is 4. The number of fused-ring (bicyclic) bond motifs is 3. The molecule has 1 saturated carbocycles. The number of rotatable bonds is 4. The van der Waals surface area contributed by atoms with Crippen LogP contribution >= 0.6 is 11.6 Å². The Labute approximate surface area is 234 Å². The van der Waals surface area contributed by atoms with Crippen molar-refractivity contribution in [2.45, 2.75) is 43.1 Å². The summed E-state index contributed by atoms with van der Waals surface area (Å²) in [5, 5.41) is 16.9. The molecule has 0 radical (unpaired) electrons. The lowest BCUT2D eigenvalue weighted by molar-refractivity contribution is -0.139. The van der Waals surface area contributed by atoms with Gasteiger partial charge in [-0.05, 0) is 49.5 Å². The average Bonchev–Trinajstić information content (AvgIpc) is 3.78. The highest BCUT2D eigenvalue weighted by molar-refractivity contribution is 6.32. The fraction of sp³-hybridized carbons (Fsp3) is 0.577. The van der Waals surface area contributed by atoms with E-state index in [2.05, 4.69) is 20.6 Å². The van der Waals surface area contributed by atoms with E-state index in [1.54, 1.807) is 30.1 Å². The monoisotopic (exact) mass is 566 g/mol. The summed E-state index contributed by atoms with van der Waals surface area (Å²) >= 11 is 6.43. The molecular formula is C26H32ClF2N7O3. The van der Waals surface area contributed by atoms with Gasteiger partial charge in [0.05, 0.1) is 24.4 Å². The number of nitrogens with one attached hydrogen (secondary N) is 2. The zero-order chi connectivity index (χ0) is 30.0. The smallest absolute Gasteiger partial charge is 0.286 e. The van der Waals surface area contributed by atoms with Gasteiger partial charge in [-0.3, -0.25) is 10.1 Å². The Morgan fingerprint density at radius 2 is 2.13 bits per heavy atom. The van der Waals surface area contributed by atoms with E-state index < -0.39 is 49.7 Å². The summed E-state index contributed by atoms with van der Waals surface area (Å²) in [4.78, 5) is 26.3. The summed E-state index contributed by atoms with van der Waals surface area (Å²) in [7, 11) is 1.59. The Hall–Kier alpha value is -2.64. The Bertz CT molecular complexity index is 1370. The lowest BCUT2D eigenvalue weighted by atomic mass is 9.92. The van der Waals surface area contributed by atoms with Gasteiger partial charge < -0.3 is 29.9 Å². The van der Waals surface area contributed by atoms with Crippen molar-refractivity contribution in [1.29, 1.82) is 0 Å². The topological polar surface area (TPSA) is 106 Å². The van der Waals surface area contributed by atoms with E-state index in [1.165, 1.54) is 16.0 Å². The highest BCUT2D eigenvalue weighted by Crippen LogP contribution is 2.46. The average molecular weight is 567 g/mol. The first-order valence-corrected chi connectivity index (χ1v) is 13.3. The molecule has 4 atom stereocenters. The number of carbonyl (C=O) groups is 1. The molecule has 2 aromatic rings. The zero-order valence-corrected chi connectivity index (χ0v) is 22.0. The fourth-order valence-corrected chi connectivity index (χ4v) is 5.71. The molecule has 3 fully saturated rings. The maximum atomic E-state index is 15.0. The van der Waals surface area contributed by atoms with Crippen molar-refractivity contribution in [3.8, 4) is 0 Å². The molecule has 4 aliphatic rings. The molecule has 1 amide bonds. The number of β-amino-alcohol motifs (C(OH)–C–C–N with tert-alkyl or cyclic N) is 1. The number of likely N-dealkylation sites (N-methyl/N-ethyl adjacent to an activating group) is 2. The molecule has 0 bridgehead atoms. The van der Waals surface area contributed by atoms with Gasteiger partial charge >= 0.3 is 0 Å². The quantitative estimate of drug-likeness (QED) is 0.514. The molecule has 13 heteroatoms. The molecular weight excluding hydrogens is 532 g/mol. The summed E-state index contributed by atoms with van der Waals surface area (Å²) in [6.07, 6.45) is 0.770. The maximum absolute atomic E-state index is 15.0. The van der Waals surface area contributed by atoms with Crippen molar-refractivity contribution in [3.05, 3.63) is 35.0 Å². The number of carbonyl (C=O) groups excluding carboxylic acids is 1. The van der Waals surface area contributed by atoms with Gasteiger partial charge in [-0.1, -0.05) is 11.6 Å². The van der Waals surface area contributed by atoms with E-state index in [0.29, 0.717) is 29.8 Å². The predicted molar refractivity (Wildman–Crippen MR) is 143 cm³/mol. The Morgan fingerprint density at radius 3 is 2.90 bits per heavy atom. The molecule has 1 aromatic heterocycles. The lowest BCUT2D eigenvalue weighted by Gasteiger charge is -2.37. The van der Waals surface area contributed by atoms with Crippen LogP contribution in [0.15, 0.2) is 24.4 Å². The molecule has 1 aliphatic carbocycles. The van der Waals surface area contributed by atoms with Crippen molar-refractivity contribution in [2.75, 3.05) is 61.9 Å². The van der Waals surface area contributed by atoms with Gasteiger partial charge in [0.15, 0.2) is 11.9 Å². The summed E-state index contributed by atoms with van der Waals surface area (Å²) < 4.78 is 58.6. The molecule has 0 spiro atoms. The Kier molecular flexibility index (Phi) is 5.97. The summed E-state index contributed by atoms with van der Waals surface area (Å²) in [5.41, 5.74) is 1.75. The van der Waals surface area contributed by atoms with E-state index in [9.17, 15) is 18.7 Å². The van der Waals surface area contributed by atoms with Crippen molar-refractivity contribution in [3.63, 3.8) is 0 Å². The highest BCUT2D eigenvalue weighted by Gasteiger charge is 2.55. The Balaban J connectivity index is 1.28. The Morgan fingerprint density at radius 1 is 1.31 bits per heavy atom. The minimum Gasteiger partial charge on any atom is -0.390 e. The van der Waals surface area contributed by atoms with Gasteiger partial charge in [-0.25, -0.2) is 13.8 Å². The van der Waals surface area contributed by atoms with Crippen LogP contribution in [0.2, 0.25) is 5.02 Å². The molecule has 3 N–H and O–H groups in total. The molecule has 3 aliphatic heterocycles. The molecule has 39 heavy (non-hydrogen) atoms. The maximum Gasteiger partial charge on any atom is 0.286 e. The normalized spacial score (nSPS) is 30.8. The number of aromatic nitrogens is 2. The summed E-state index contributed by atoms with van der Waals surface area (Å²) in [5.74, 6) is -3.17. The molecule has 3 unspecified atom stereocenters. The number of aliphatic hydroxyl groups excluding tert-OH is 1. The summed E-state index contributed by atoms with van der Waals surface area (Å²) in [6.45, 7) is -2.58. The fourth-order valence-electron chi connectivity index (χ4n) is 5.57. The largest absolute Gasteiger partial charge is 0.390 e. The first-order chi connectivity index (χ1) is 19.8. The van der Waals surface area contributed by atoms with Gasteiger partial charge in [-0.15, -0.1) is 0 Å². The van der Waals surface area contributed by atoms with Crippen LogP contribution in [0.1, 0.15) is 28.6 Å². The van der Waals surface area contributed by atoms with Crippen molar-refractivity contribution >= 4 is 40.6 Å². The van der Waals surface area contributed by atoms with E-state index in [0.717, 1.165) is 0 Å². The van der Waals surface area contributed by atoms with E-state index in [1.807, 2.05) is 0 Å². The second-order valence-electron chi connectivity index (χ2n) is 10.7. The van der Waals surface area contributed by atoms with Gasteiger partial charge in [0, 0.05) is 48.7 Å². The number of nitrogens with zero attached hydrogens (tertiary/aromatic N) is 5. The van der Waals surface area contributed by atoms with E-state index >= 15 is 0 Å². The van der Waals surface area contributed by atoms with Crippen LogP contribution in [0.3, 0.4) is 0 Å². The highest BCUT2D eigenvalue weighted by atomic mass is 35.5. The number of aliphatic hydroxyl groups is 1. The first kappa shape index (κ1) is 23.1. The number of hydrogen-bond acceptors (Lipinski definition) is 9. The molecule has 10 nitrogen and oxygen atoms in total. The molecule has 1 aromatic carbocycles. The zero-order valence-electron chi connectivity index (χ0n) is 24.3. The number of amides is 1. The number of benzene rings is 1. The van der Waals surface area contributed by atoms with Crippen LogP contribution in [0.5, 0.6) is 0 Å². The molecule has 2 saturated heterocycles. The first-order valence-electron chi connectivity index (χ1n) is 14.5. The van der Waals surface area contributed by atoms with Crippen molar-refractivity contribution in [2.24, 2.45) is 5.92 Å². The number of alkyl halides is 2. The minimum absolute atomic E-state index is 0.00871. The third-order valence-electron chi connectivity index (χ3n) is 7.74. The van der Waals surface area contributed by atoms with Crippen LogP contribution in [-0.4, -0.2) is 96.9 Å². The second kappa shape index (κ2) is 10.1. The third-order valence-corrected chi connectivity index (χ3v) is 8.02. The minimum atomic E-state index is -3.11. The predicted octanol–water partition coefficient (Wildman–Crippen LogP) is 2.41. The van der Waals surface area contributed by atoms with Crippen LogP contribution in [0, 0.1) is 5.92 Å².